The van der Waals surface area contributed by atoms with Gasteiger partial charge in [-0.1, -0.05) is 53.9 Å². The molecule has 0 radical (unpaired) electrons. The van der Waals surface area contributed by atoms with E-state index in [0.717, 1.165) is 26.8 Å². The van der Waals surface area contributed by atoms with Crippen LogP contribution < -0.4 is 16.2 Å². The number of ether oxygens (including phenoxy) is 1. The number of nitrogens with two attached hydrogens (primary N) is 2. The predicted molar refractivity (Wildman–Crippen MR) is 144 cm³/mol. The molecule has 0 unspecified atom stereocenters. The first kappa shape index (κ1) is 26.5. The summed E-state index contributed by atoms with van der Waals surface area (Å²) in [5, 5.41) is 0.779. The highest BCUT2D eigenvalue weighted by molar-refractivity contribution is 7.16. The molecule has 0 amide bonds. The van der Waals surface area contributed by atoms with Gasteiger partial charge in [0.05, 0.1) is 5.00 Å². The molecule has 3 nitrogen and oxygen atoms in total. The Hall–Kier alpha value is -4.76. The maximum atomic E-state index is 6.01. The van der Waals surface area contributed by atoms with E-state index in [-0.39, 0.29) is 0 Å². The minimum absolute atomic E-state index is 0.463. The van der Waals surface area contributed by atoms with Gasteiger partial charge in [0.1, 0.15) is 12.4 Å². The topological polar surface area (TPSA) is 61.3 Å². The molecule has 3 aromatic rings. The molecule has 35 heavy (non-hydrogen) atoms. The first-order valence-corrected chi connectivity index (χ1v) is 11.3. The van der Waals surface area contributed by atoms with Crippen LogP contribution in [0.3, 0.4) is 0 Å². The van der Waals surface area contributed by atoms with Crippen LogP contribution in [0.2, 0.25) is 0 Å². The van der Waals surface area contributed by atoms with Gasteiger partial charge in [-0.15, -0.1) is 11.3 Å². The zero-order valence-electron chi connectivity index (χ0n) is 19.5. The van der Waals surface area contributed by atoms with Crippen molar-refractivity contribution in [2.24, 2.45) is 5.73 Å². The van der Waals surface area contributed by atoms with Crippen molar-refractivity contribution in [1.82, 2.24) is 0 Å². The molecule has 0 aliphatic rings. The van der Waals surface area contributed by atoms with Crippen LogP contribution in [0.1, 0.15) is 16.0 Å². The second-order valence-electron chi connectivity index (χ2n) is 6.74. The maximum absolute atomic E-state index is 6.01. The Morgan fingerprint density at radius 1 is 0.829 bits per heavy atom. The first-order valence-electron chi connectivity index (χ1n) is 10.5. The second kappa shape index (κ2) is 15.1. The zero-order chi connectivity index (χ0) is 25.3. The van der Waals surface area contributed by atoms with Crippen molar-refractivity contribution in [1.29, 1.82) is 0 Å². The van der Waals surface area contributed by atoms with E-state index in [0.29, 0.717) is 13.2 Å². The van der Waals surface area contributed by atoms with E-state index in [1.165, 1.54) is 22.5 Å². The monoisotopic (exact) mass is 472 g/mol. The van der Waals surface area contributed by atoms with Gasteiger partial charge in [-0.2, -0.15) is 0 Å². The van der Waals surface area contributed by atoms with Crippen molar-refractivity contribution in [3.05, 3.63) is 141 Å². The van der Waals surface area contributed by atoms with Crippen LogP contribution in [0.4, 0.5) is 5.00 Å². The molecule has 0 fully saturated rings. The maximum Gasteiger partial charge on any atom is 0.123 e. The number of hydrogen-bond acceptors (Lipinski definition) is 4. The fourth-order valence-electron chi connectivity index (χ4n) is 2.86. The van der Waals surface area contributed by atoms with Gasteiger partial charge in [-0.05, 0) is 94.8 Å². The number of anilines is 1. The van der Waals surface area contributed by atoms with Gasteiger partial charge in [0.15, 0.2) is 0 Å². The van der Waals surface area contributed by atoms with Gasteiger partial charge in [0, 0.05) is 17.0 Å². The Labute approximate surface area is 210 Å². The van der Waals surface area contributed by atoms with Crippen LogP contribution in [-0.4, -0.2) is 0 Å². The fraction of sp³-hybridized carbons (Fsp3) is 0.0968. The summed E-state index contributed by atoms with van der Waals surface area (Å²) >= 11 is 1.54. The minimum Gasteiger partial charge on any atom is -0.488 e. The van der Waals surface area contributed by atoms with Crippen molar-refractivity contribution in [2.45, 2.75) is 20.1 Å². The Morgan fingerprint density at radius 2 is 1.43 bits per heavy atom. The van der Waals surface area contributed by atoms with Crippen molar-refractivity contribution in [3.8, 4) is 16.9 Å². The molecule has 2 aromatic carbocycles. The summed E-state index contributed by atoms with van der Waals surface area (Å²) in [5.41, 5.74) is 40.6. The SMILES string of the molecule is C=C=C=C=C=C=C=C=C=C=C=C.Cc1c(OCc2cc(CN)c(N)s2)cccc1-c1ccccc1. The van der Waals surface area contributed by atoms with Crippen molar-refractivity contribution in [2.75, 3.05) is 5.73 Å². The quantitative estimate of drug-likeness (QED) is 0.406. The van der Waals surface area contributed by atoms with Crippen molar-refractivity contribution >= 4 is 16.3 Å². The lowest BCUT2D eigenvalue weighted by Crippen LogP contribution is -1.98. The summed E-state index contributed by atoms with van der Waals surface area (Å²) in [6.45, 7) is 9.62. The average Bonchev–Trinajstić information content (AvgIpc) is 3.25. The third-order valence-electron chi connectivity index (χ3n) is 4.47. The van der Waals surface area contributed by atoms with Gasteiger partial charge < -0.3 is 16.2 Å². The van der Waals surface area contributed by atoms with E-state index in [9.17, 15) is 0 Å². The molecule has 1 aromatic heterocycles. The van der Waals surface area contributed by atoms with Gasteiger partial charge in [-0.3, -0.25) is 0 Å². The van der Waals surface area contributed by atoms with Crippen LogP contribution in [0, 0.1) is 6.92 Å². The molecule has 4 heteroatoms. The van der Waals surface area contributed by atoms with Crippen LogP contribution >= 0.6 is 11.3 Å². The van der Waals surface area contributed by atoms with E-state index >= 15 is 0 Å². The number of benzene rings is 2. The fourth-order valence-corrected chi connectivity index (χ4v) is 3.73. The standard InChI is InChI=1S/C19H20N2OS.C12H4/c1-13-17(14-6-3-2-4-7-14)8-5-9-18(13)22-12-16-10-15(11-20)19(21)23-16;1-3-5-7-9-11-12-10-8-6-4-2/h2-10H,11-12,20-21H2,1H3;1-2H2. The number of thiophene rings is 1. The highest BCUT2D eigenvalue weighted by Crippen LogP contribution is 2.31. The number of hydrogen-bond donors (Lipinski definition) is 2. The van der Waals surface area contributed by atoms with Crippen molar-refractivity contribution < 1.29 is 4.74 Å². The van der Waals surface area contributed by atoms with E-state index in [1.807, 2.05) is 36.4 Å². The molecule has 3 rings (SSSR count). The molecule has 170 valence electrons. The van der Waals surface area contributed by atoms with Crippen LogP contribution in [0.15, 0.2) is 125 Å². The van der Waals surface area contributed by atoms with E-state index < -0.39 is 0 Å². The van der Waals surface area contributed by atoms with E-state index in [2.05, 4.69) is 95.6 Å². The Morgan fingerprint density at radius 3 is 1.97 bits per heavy atom. The molecule has 0 saturated carbocycles. The highest BCUT2D eigenvalue weighted by atomic mass is 32.1. The Balaban J connectivity index is 0.000000307. The molecular weight excluding hydrogens is 448 g/mol. The average molecular weight is 473 g/mol. The van der Waals surface area contributed by atoms with Gasteiger partial charge >= 0.3 is 0 Å². The predicted octanol–water partition coefficient (Wildman–Crippen LogP) is 6.70. The lowest BCUT2D eigenvalue weighted by Gasteiger charge is -2.12. The molecule has 0 atom stereocenters. The van der Waals surface area contributed by atoms with Gasteiger partial charge in [0.25, 0.3) is 0 Å². The third kappa shape index (κ3) is 8.95. The third-order valence-corrected chi connectivity index (χ3v) is 5.45. The number of nitrogen functional groups attached to an aromatic ring is 1. The van der Waals surface area contributed by atoms with Crippen LogP contribution in [0.25, 0.3) is 11.1 Å². The molecule has 0 spiro atoms. The summed E-state index contributed by atoms with van der Waals surface area (Å²) in [4.78, 5) is 1.09. The Kier molecular flexibility index (Phi) is 11.5. The lowest BCUT2D eigenvalue weighted by atomic mass is 10.00. The summed E-state index contributed by atoms with van der Waals surface area (Å²) in [6.07, 6.45) is 0. The van der Waals surface area contributed by atoms with E-state index in [1.54, 1.807) is 0 Å². The van der Waals surface area contributed by atoms with E-state index in [4.69, 9.17) is 16.2 Å². The molecule has 0 aliphatic carbocycles. The van der Waals surface area contributed by atoms with Crippen molar-refractivity contribution in [3.63, 3.8) is 0 Å². The normalized spacial score (nSPS) is 8.29. The molecule has 0 aliphatic heterocycles. The smallest absolute Gasteiger partial charge is 0.123 e. The summed E-state index contributed by atoms with van der Waals surface area (Å²) < 4.78 is 6.01. The summed E-state index contributed by atoms with van der Waals surface area (Å²) in [5.74, 6) is 0.896. The summed E-state index contributed by atoms with van der Waals surface area (Å²) in [6, 6.07) is 18.5. The van der Waals surface area contributed by atoms with Gasteiger partial charge in [0.2, 0.25) is 0 Å². The van der Waals surface area contributed by atoms with Crippen LogP contribution in [-0.2, 0) is 13.2 Å². The molecular formula is C31H24N2OS. The molecule has 4 N–H and O–H groups in total. The highest BCUT2D eigenvalue weighted by Gasteiger charge is 2.09. The molecule has 1 heterocycles. The summed E-state index contributed by atoms with van der Waals surface area (Å²) in [7, 11) is 0. The largest absolute Gasteiger partial charge is 0.488 e. The first-order chi connectivity index (χ1) is 17.1. The van der Waals surface area contributed by atoms with Gasteiger partial charge in [-0.25, -0.2) is 0 Å². The lowest BCUT2D eigenvalue weighted by molar-refractivity contribution is 0.308. The minimum atomic E-state index is 0.463. The molecule has 0 saturated heterocycles. The van der Waals surface area contributed by atoms with Crippen LogP contribution in [0.5, 0.6) is 5.75 Å². The zero-order valence-corrected chi connectivity index (χ0v) is 20.3. The molecule has 0 bridgehead atoms. The Bertz CT molecular complexity index is 1480. The second-order valence-corrected chi connectivity index (χ2v) is 7.91. The number of rotatable bonds is 5.